The molecule has 0 atom stereocenters. The Morgan fingerprint density at radius 1 is 0.720 bits per heavy atom. The third-order valence-corrected chi connectivity index (χ3v) is 8.78. The molecule has 0 amide bonds. The van der Waals surface area contributed by atoms with Gasteiger partial charge in [-0.2, -0.15) is 0 Å². The van der Waals surface area contributed by atoms with Crippen molar-refractivity contribution in [2.75, 3.05) is 0 Å². The topological polar surface area (TPSA) is 51.8 Å². The maximum absolute atomic E-state index is 12.8. The predicted octanol–water partition coefficient (Wildman–Crippen LogP) is 11.7. The Morgan fingerprint density at radius 3 is 2.26 bits per heavy atom. The largest absolute Gasteiger partial charge is 0.501 e. The molecule has 8 aromatic rings. The number of halogens is 1. The molecule has 6 heteroatoms. The van der Waals surface area contributed by atoms with Gasteiger partial charge < -0.3 is 9.40 Å². The number of aromatic nitrogens is 3. The van der Waals surface area contributed by atoms with Crippen LogP contribution in [0.15, 0.2) is 108 Å². The van der Waals surface area contributed by atoms with Crippen LogP contribution >= 0.6 is 0 Å². The fourth-order valence-corrected chi connectivity index (χ4v) is 6.03. The number of hydrogen-bond acceptors (Lipinski definition) is 4. The molecule has 0 aliphatic rings. The van der Waals surface area contributed by atoms with Gasteiger partial charge in [0.15, 0.2) is 0 Å². The van der Waals surface area contributed by atoms with E-state index < -0.39 is 6.85 Å². The number of nitrogens with zero attached hydrogens (tertiary/aromatic N) is 3. The van der Waals surface area contributed by atoms with E-state index in [1.54, 1.807) is 18.3 Å². The second-order valence-corrected chi connectivity index (χ2v) is 14.4. The van der Waals surface area contributed by atoms with E-state index in [1.807, 2.05) is 42.5 Å². The van der Waals surface area contributed by atoms with E-state index in [1.165, 1.54) is 24.0 Å². The van der Waals surface area contributed by atoms with E-state index in [0.29, 0.717) is 27.8 Å². The van der Waals surface area contributed by atoms with Gasteiger partial charge in [0.1, 0.15) is 11.9 Å². The number of benzene rings is 5. The summed E-state index contributed by atoms with van der Waals surface area (Å²) in [4.78, 5) is 13.2. The van der Waals surface area contributed by atoms with Crippen molar-refractivity contribution in [1.29, 1.82) is 0 Å². The van der Waals surface area contributed by atoms with E-state index in [0.717, 1.165) is 43.9 Å². The fourth-order valence-electron chi connectivity index (χ4n) is 6.03. The zero-order chi connectivity index (χ0) is 37.0. The van der Waals surface area contributed by atoms with Crippen LogP contribution in [-0.2, 0) is 30.9 Å². The minimum atomic E-state index is -2.31. The first-order chi connectivity index (χ1) is 24.6. The smallest absolute Gasteiger partial charge is 0.121 e. The number of rotatable bonds is 2. The standard InChI is InChI=1S/C29H23N2O.C15H15FN.Ir/c1-17-9-12-21(24-15-26(29(2,3)4)31-16-30-24)28-27(17)23-13-19-11-10-18-7-5-6-8-20(18)22(19)14-25(23)32-28;1-15(2,3)12-8-9-17-14(10-12)11-4-6-13(16)7-5-11;/h5-11,13-16H,1-4H3;4,6-10H,1-3H3;/q2*-1;/i1D3;;. The molecule has 3 heterocycles. The van der Waals surface area contributed by atoms with Crippen molar-refractivity contribution in [2.45, 2.75) is 59.2 Å². The second-order valence-electron chi connectivity index (χ2n) is 14.4. The molecule has 0 N–H and O–H groups in total. The zero-order valence-electron chi connectivity index (χ0n) is 31.8. The van der Waals surface area contributed by atoms with Crippen LogP contribution in [0.3, 0.4) is 0 Å². The van der Waals surface area contributed by atoms with Crippen LogP contribution in [0.25, 0.3) is 66.0 Å². The van der Waals surface area contributed by atoms with Gasteiger partial charge in [0, 0.05) is 52.7 Å². The molecule has 1 radical (unpaired) electrons. The van der Waals surface area contributed by atoms with Crippen molar-refractivity contribution in [3.8, 4) is 22.5 Å². The van der Waals surface area contributed by atoms with Crippen molar-refractivity contribution in [3.63, 3.8) is 0 Å². The number of hydrogen-bond donors (Lipinski definition) is 0. The van der Waals surface area contributed by atoms with Crippen molar-refractivity contribution < 1.29 is 33.0 Å². The van der Waals surface area contributed by atoms with Gasteiger partial charge >= 0.3 is 0 Å². The van der Waals surface area contributed by atoms with E-state index in [2.05, 4.69) is 92.9 Å². The summed E-state index contributed by atoms with van der Waals surface area (Å²) in [5.74, 6) is -0.277. The SMILES string of the molecule is CC(C)(C)c1ccnc(-c2[c-]cc(F)cc2)c1.[2H]C([2H])([2H])c1c[c-]c(-c2cc(C(C)(C)C)ncn2)c2oc3cc4c(ccc5ccccc54)cc3c12.[Ir]. The number of pyridine rings is 1. The quantitative estimate of drug-likeness (QED) is 0.129. The van der Waals surface area contributed by atoms with Crippen LogP contribution in [0.5, 0.6) is 0 Å². The maximum atomic E-state index is 12.8. The molecular weight excluding hydrogens is 798 g/mol. The third-order valence-electron chi connectivity index (χ3n) is 8.78. The first-order valence-electron chi connectivity index (χ1n) is 17.8. The monoisotopic (exact) mass is 839 g/mol. The van der Waals surface area contributed by atoms with Crippen molar-refractivity contribution in [3.05, 3.63) is 138 Å². The Hall–Kier alpha value is -4.77. The average Bonchev–Trinajstić information content (AvgIpc) is 3.48. The summed E-state index contributed by atoms with van der Waals surface area (Å²) in [6, 6.07) is 34.5. The van der Waals surface area contributed by atoms with Gasteiger partial charge in [0.25, 0.3) is 0 Å². The normalized spacial score (nSPS) is 13.0. The first kappa shape index (κ1) is 31.2. The summed E-state index contributed by atoms with van der Waals surface area (Å²) in [7, 11) is 0. The van der Waals surface area contributed by atoms with Crippen molar-refractivity contribution in [1.82, 2.24) is 15.0 Å². The molecule has 0 bridgehead atoms. The van der Waals surface area contributed by atoms with Gasteiger partial charge in [-0.15, -0.1) is 47.5 Å². The van der Waals surface area contributed by atoms with Crippen molar-refractivity contribution >= 4 is 43.5 Å². The summed E-state index contributed by atoms with van der Waals surface area (Å²) in [6.07, 6.45) is 3.32. The molecule has 5 aromatic carbocycles. The van der Waals surface area contributed by atoms with Crippen LogP contribution in [0, 0.1) is 24.8 Å². The molecule has 0 saturated carbocycles. The van der Waals surface area contributed by atoms with Gasteiger partial charge in [-0.25, -0.2) is 4.98 Å². The first-order valence-corrected chi connectivity index (χ1v) is 16.3. The van der Waals surface area contributed by atoms with E-state index in [4.69, 9.17) is 8.53 Å². The Kier molecular flexibility index (Phi) is 8.44. The van der Waals surface area contributed by atoms with Gasteiger partial charge in [0.2, 0.25) is 0 Å². The molecule has 0 unspecified atom stereocenters. The minimum Gasteiger partial charge on any atom is -0.501 e. The molecule has 3 aromatic heterocycles. The summed E-state index contributed by atoms with van der Waals surface area (Å²) in [5.41, 5.74) is 6.28. The van der Waals surface area contributed by atoms with Crippen LogP contribution < -0.4 is 0 Å². The van der Waals surface area contributed by atoms with Crippen LogP contribution in [-0.4, -0.2) is 15.0 Å². The third kappa shape index (κ3) is 6.83. The predicted molar refractivity (Wildman–Crippen MR) is 199 cm³/mol. The average molecular weight is 839 g/mol. The molecule has 50 heavy (non-hydrogen) atoms. The Balaban J connectivity index is 0.000000226. The molecule has 4 nitrogen and oxygen atoms in total. The molecule has 0 spiro atoms. The summed E-state index contributed by atoms with van der Waals surface area (Å²) < 4.78 is 43.8. The molecular formula is C44H38FIrN3O-2. The number of fused-ring (bicyclic) bond motifs is 6. The summed E-state index contributed by atoms with van der Waals surface area (Å²) in [6.45, 7) is 10.4. The number of furan rings is 1. The fraction of sp³-hybridized carbons (Fsp3) is 0.205. The molecule has 253 valence electrons. The zero-order valence-corrected chi connectivity index (χ0v) is 31.2. The second kappa shape index (κ2) is 13.5. The van der Waals surface area contributed by atoms with Gasteiger partial charge in [0.05, 0.1) is 5.58 Å². The summed E-state index contributed by atoms with van der Waals surface area (Å²) in [5, 5.41) is 5.72. The van der Waals surface area contributed by atoms with Gasteiger partial charge in [-0.05, 0) is 62.1 Å². The maximum Gasteiger partial charge on any atom is 0.121 e. The van der Waals surface area contributed by atoms with Gasteiger partial charge in [-0.1, -0.05) is 108 Å². The number of aryl methyl sites for hydroxylation is 1. The molecule has 0 fully saturated rings. The Morgan fingerprint density at radius 2 is 1.52 bits per heavy atom. The van der Waals surface area contributed by atoms with E-state index in [-0.39, 0.29) is 42.3 Å². The Bertz CT molecular complexity index is 2600. The molecule has 0 saturated heterocycles. The summed E-state index contributed by atoms with van der Waals surface area (Å²) >= 11 is 0. The van der Waals surface area contributed by atoms with Crippen LogP contribution in [0.1, 0.15) is 62.5 Å². The minimum absolute atomic E-state index is 0. The van der Waals surface area contributed by atoms with Crippen LogP contribution in [0.2, 0.25) is 0 Å². The van der Waals surface area contributed by atoms with Gasteiger partial charge in [-0.3, -0.25) is 9.37 Å². The van der Waals surface area contributed by atoms with E-state index in [9.17, 15) is 4.39 Å². The molecule has 0 aliphatic heterocycles. The Labute approximate surface area is 310 Å². The van der Waals surface area contributed by atoms with E-state index >= 15 is 0 Å². The molecule has 8 rings (SSSR count). The van der Waals surface area contributed by atoms with Crippen LogP contribution in [0.4, 0.5) is 4.39 Å². The molecule has 0 aliphatic carbocycles. The van der Waals surface area contributed by atoms with Crippen molar-refractivity contribution in [2.24, 2.45) is 0 Å².